The van der Waals surface area contributed by atoms with Crippen LogP contribution < -0.4 is 5.32 Å². The molecule has 0 aromatic heterocycles. The molecule has 1 N–H and O–H groups in total. The van der Waals surface area contributed by atoms with E-state index in [-0.39, 0.29) is 17.6 Å². The van der Waals surface area contributed by atoms with Gasteiger partial charge < -0.3 is 5.32 Å². The van der Waals surface area contributed by atoms with Gasteiger partial charge in [-0.2, -0.15) is 0 Å². The highest BCUT2D eigenvalue weighted by molar-refractivity contribution is 5.94. The monoisotopic (exact) mass is 329 g/mol. The highest BCUT2D eigenvalue weighted by atomic mass is 16.6. The van der Waals surface area contributed by atoms with Crippen LogP contribution in [0, 0.1) is 10.1 Å². The number of fused-ring (bicyclic) bond motifs is 2. The first-order valence-electron chi connectivity index (χ1n) is 8.94. The summed E-state index contributed by atoms with van der Waals surface area (Å²) in [6, 6.07) is 8.10. The Labute approximate surface area is 141 Å². The lowest BCUT2D eigenvalue weighted by atomic mass is 9.81. The molecule has 2 bridgehead atoms. The normalized spacial score (nSPS) is 29.9. The number of hydrogen-bond acceptors (Lipinski definition) is 4. The number of nitro benzene ring substituents is 1. The average Bonchev–Trinajstić information content (AvgIpc) is 3.39. The lowest BCUT2D eigenvalue weighted by Gasteiger charge is -2.49. The van der Waals surface area contributed by atoms with Crippen molar-refractivity contribution in [3.05, 3.63) is 39.9 Å². The third-order valence-corrected chi connectivity index (χ3v) is 5.68. The number of rotatable bonds is 4. The van der Waals surface area contributed by atoms with Crippen molar-refractivity contribution in [1.29, 1.82) is 0 Å². The number of carbonyl (C=O) groups excluding carboxylic acids is 1. The smallest absolute Gasteiger partial charge is 0.269 e. The van der Waals surface area contributed by atoms with E-state index in [9.17, 15) is 14.9 Å². The number of nitrogens with one attached hydrogen (secondary N) is 1. The summed E-state index contributed by atoms with van der Waals surface area (Å²) in [4.78, 5) is 25.4. The molecule has 1 unspecified atom stereocenters. The second-order valence-electron chi connectivity index (χ2n) is 7.36. The number of piperidine rings is 2. The van der Waals surface area contributed by atoms with Crippen LogP contribution in [0.25, 0.3) is 0 Å². The summed E-state index contributed by atoms with van der Waals surface area (Å²) >= 11 is 0. The molecule has 6 heteroatoms. The van der Waals surface area contributed by atoms with Crippen molar-refractivity contribution >= 4 is 11.6 Å². The van der Waals surface area contributed by atoms with Crippen LogP contribution in [0.3, 0.4) is 0 Å². The molecule has 3 atom stereocenters. The molecule has 1 saturated carbocycles. The summed E-state index contributed by atoms with van der Waals surface area (Å²) < 4.78 is 0. The third kappa shape index (κ3) is 3.02. The van der Waals surface area contributed by atoms with Gasteiger partial charge in [0.05, 0.1) is 4.92 Å². The van der Waals surface area contributed by atoms with Crippen LogP contribution in [0.2, 0.25) is 0 Å². The molecule has 0 spiro atoms. The number of benzene rings is 1. The van der Waals surface area contributed by atoms with Crippen molar-refractivity contribution < 1.29 is 9.72 Å². The highest BCUT2D eigenvalue weighted by Crippen LogP contribution is 2.41. The van der Waals surface area contributed by atoms with Gasteiger partial charge in [-0.05, 0) is 50.7 Å². The quantitative estimate of drug-likeness (QED) is 0.681. The summed E-state index contributed by atoms with van der Waals surface area (Å²) in [5.74, 6) is -0.118. The van der Waals surface area contributed by atoms with Crippen LogP contribution in [-0.4, -0.2) is 39.9 Å². The topological polar surface area (TPSA) is 75.5 Å². The Kier molecular flexibility index (Phi) is 4.00. The fraction of sp³-hybridized carbons (Fsp3) is 0.611. The maximum atomic E-state index is 12.4. The molecule has 2 aliphatic heterocycles. The zero-order valence-corrected chi connectivity index (χ0v) is 13.7. The van der Waals surface area contributed by atoms with Crippen LogP contribution in [0.15, 0.2) is 24.3 Å². The largest absolute Gasteiger partial charge is 0.349 e. The van der Waals surface area contributed by atoms with Crippen molar-refractivity contribution in [3.63, 3.8) is 0 Å². The van der Waals surface area contributed by atoms with E-state index in [4.69, 9.17) is 0 Å². The van der Waals surface area contributed by atoms with Gasteiger partial charge in [0.2, 0.25) is 0 Å². The van der Waals surface area contributed by atoms with Gasteiger partial charge in [-0.1, -0.05) is 6.42 Å². The fourth-order valence-electron chi connectivity index (χ4n) is 4.51. The van der Waals surface area contributed by atoms with E-state index in [0.29, 0.717) is 17.6 Å². The Balaban J connectivity index is 1.40. The van der Waals surface area contributed by atoms with Crippen LogP contribution in [0.1, 0.15) is 55.3 Å². The molecule has 24 heavy (non-hydrogen) atoms. The minimum absolute atomic E-state index is 0.0128. The minimum Gasteiger partial charge on any atom is -0.349 e. The zero-order chi connectivity index (χ0) is 16.7. The average molecular weight is 329 g/mol. The van der Waals surface area contributed by atoms with Gasteiger partial charge in [-0.3, -0.25) is 19.8 Å². The number of nitro groups is 1. The van der Waals surface area contributed by atoms with E-state index < -0.39 is 4.92 Å². The van der Waals surface area contributed by atoms with Crippen molar-refractivity contribution in [1.82, 2.24) is 10.2 Å². The van der Waals surface area contributed by atoms with Crippen LogP contribution >= 0.6 is 0 Å². The second-order valence-corrected chi connectivity index (χ2v) is 7.36. The van der Waals surface area contributed by atoms with E-state index in [1.54, 1.807) is 0 Å². The fourth-order valence-corrected chi connectivity index (χ4v) is 4.51. The maximum absolute atomic E-state index is 12.4. The molecule has 1 aliphatic carbocycles. The Morgan fingerprint density at radius 1 is 1.04 bits per heavy atom. The van der Waals surface area contributed by atoms with E-state index >= 15 is 0 Å². The summed E-state index contributed by atoms with van der Waals surface area (Å²) in [6.45, 7) is 0. The number of carbonyl (C=O) groups is 1. The minimum atomic E-state index is -0.448. The molecular weight excluding hydrogens is 306 g/mol. The summed E-state index contributed by atoms with van der Waals surface area (Å²) in [6.07, 6.45) is 8.55. The Morgan fingerprint density at radius 2 is 1.67 bits per heavy atom. The summed E-state index contributed by atoms with van der Waals surface area (Å²) in [5, 5.41) is 13.9. The lowest BCUT2D eigenvalue weighted by Crippen LogP contribution is -2.57. The van der Waals surface area contributed by atoms with Crippen LogP contribution in [0.4, 0.5) is 5.69 Å². The summed E-state index contributed by atoms with van der Waals surface area (Å²) in [5.41, 5.74) is 0.509. The summed E-state index contributed by atoms with van der Waals surface area (Å²) in [7, 11) is 0. The molecule has 3 aliphatic rings. The van der Waals surface area contributed by atoms with Gasteiger partial charge in [0.1, 0.15) is 0 Å². The van der Waals surface area contributed by atoms with Gasteiger partial charge in [-0.15, -0.1) is 0 Å². The van der Waals surface area contributed by atoms with Crippen molar-refractivity contribution in [2.24, 2.45) is 0 Å². The van der Waals surface area contributed by atoms with Crippen LogP contribution in [0.5, 0.6) is 0 Å². The molecule has 1 aromatic carbocycles. The Morgan fingerprint density at radius 3 is 2.21 bits per heavy atom. The molecule has 128 valence electrons. The first kappa shape index (κ1) is 15.6. The highest BCUT2D eigenvalue weighted by Gasteiger charge is 2.45. The molecule has 3 fully saturated rings. The second kappa shape index (κ2) is 6.16. The van der Waals surface area contributed by atoms with Crippen molar-refractivity contribution in [3.8, 4) is 0 Å². The molecule has 2 saturated heterocycles. The van der Waals surface area contributed by atoms with Gasteiger partial charge in [0.25, 0.3) is 11.6 Å². The lowest BCUT2D eigenvalue weighted by molar-refractivity contribution is -0.384. The van der Waals surface area contributed by atoms with Gasteiger partial charge in [-0.25, -0.2) is 0 Å². The first-order chi connectivity index (χ1) is 11.6. The number of amides is 1. The van der Waals surface area contributed by atoms with Crippen molar-refractivity contribution in [2.75, 3.05) is 0 Å². The standard InChI is InChI=1S/C18H23N3O3/c22-18(12-4-6-15(7-5-12)21(23)24)19-13-10-16-2-1-3-17(11-13)20(16)14-8-9-14/h4-7,13-14,16-17H,1-3,8-11H2,(H,19,22)/t13?,16-,17+. The van der Waals surface area contributed by atoms with Gasteiger partial charge in [0, 0.05) is 41.9 Å². The molecule has 4 rings (SSSR count). The van der Waals surface area contributed by atoms with E-state index in [1.165, 1.54) is 56.4 Å². The molecular formula is C18H23N3O3. The number of hydrogen-bond donors (Lipinski definition) is 1. The predicted octanol–water partition coefficient (Wildman–Crippen LogP) is 2.87. The maximum Gasteiger partial charge on any atom is 0.269 e. The Hall–Kier alpha value is -1.95. The van der Waals surface area contributed by atoms with Crippen LogP contribution in [-0.2, 0) is 0 Å². The molecule has 0 radical (unpaired) electrons. The third-order valence-electron chi connectivity index (χ3n) is 5.68. The van der Waals surface area contributed by atoms with E-state index in [0.717, 1.165) is 18.9 Å². The molecule has 1 aromatic rings. The van der Waals surface area contributed by atoms with Gasteiger partial charge >= 0.3 is 0 Å². The Bertz CT molecular complexity index is 627. The van der Waals surface area contributed by atoms with E-state index in [2.05, 4.69) is 10.2 Å². The SMILES string of the molecule is O=C(NC1C[C@H]2CCC[C@@H](C1)N2C1CC1)c1ccc([N+](=O)[O-])cc1. The molecule has 6 nitrogen and oxygen atoms in total. The number of nitrogens with zero attached hydrogens (tertiary/aromatic N) is 2. The zero-order valence-electron chi connectivity index (χ0n) is 13.7. The molecule has 2 heterocycles. The predicted molar refractivity (Wildman–Crippen MR) is 89.9 cm³/mol. The van der Waals surface area contributed by atoms with Gasteiger partial charge in [0.15, 0.2) is 0 Å². The molecule has 1 amide bonds. The van der Waals surface area contributed by atoms with E-state index in [1.807, 2.05) is 0 Å². The van der Waals surface area contributed by atoms with Crippen molar-refractivity contribution in [2.45, 2.75) is 69.1 Å². The first-order valence-corrected chi connectivity index (χ1v) is 8.94. The number of non-ortho nitro benzene ring substituents is 1.